The van der Waals surface area contributed by atoms with Crippen molar-refractivity contribution >= 4 is 45.6 Å². The van der Waals surface area contributed by atoms with Crippen molar-refractivity contribution in [1.82, 2.24) is 9.88 Å². The number of carbonyl (C=O) groups is 1. The van der Waals surface area contributed by atoms with Crippen molar-refractivity contribution in [2.45, 2.75) is 58.3 Å². The first-order valence-electron chi connectivity index (χ1n) is 14.5. The Kier molecular flexibility index (Phi) is 14.5. The van der Waals surface area contributed by atoms with Crippen LogP contribution < -0.4 is 14.7 Å². The second kappa shape index (κ2) is 17.8. The molecule has 2 heterocycles. The molecule has 0 N–H and O–H groups in total. The minimum absolute atomic E-state index is 0.478. The lowest BCUT2D eigenvalue weighted by Crippen LogP contribution is -2.37. The molecule has 1 aliphatic heterocycles. The summed E-state index contributed by atoms with van der Waals surface area (Å²) in [5.74, 6) is -2.10. The van der Waals surface area contributed by atoms with Crippen LogP contribution in [0.3, 0.4) is 0 Å². The number of aromatic nitrogens is 1. The third-order valence-electron chi connectivity index (χ3n) is 7.06. The van der Waals surface area contributed by atoms with Gasteiger partial charge in [-0.1, -0.05) is 48.5 Å². The molecular formula is C31H37Cl2F3N4O3S-2. The fourth-order valence-corrected chi connectivity index (χ4v) is 5.88. The maximum absolute atomic E-state index is 10.5. The third kappa shape index (κ3) is 11.7. The fourth-order valence-electron chi connectivity index (χ4n) is 4.59. The number of hydrogen-bond donors (Lipinski definition) is 0. The highest BCUT2D eigenvalue weighted by Gasteiger charge is 2.28. The summed E-state index contributed by atoms with van der Waals surface area (Å²) < 4.78 is 37.5. The van der Waals surface area contributed by atoms with Gasteiger partial charge in [-0.15, -0.1) is 23.9 Å². The highest BCUT2D eigenvalue weighted by atomic mass is 35.5. The quantitative estimate of drug-likeness (QED) is 0.175. The molecule has 0 saturated carbocycles. The van der Waals surface area contributed by atoms with Gasteiger partial charge in [-0.25, -0.2) is 4.98 Å². The van der Waals surface area contributed by atoms with Crippen molar-refractivity contribution in [3.05, 3.63) is 68.8 Å². The first kappa shape index (κ1) is 35.9. The lowest BCUT2D eigenvalue weighted by Gasteiger charge is -2.40. The van der Waals surface area contributed by atoms with Crippen LogP contribution in [0.25, 0.3) is 16.6 Å². The number of unbranched alkanes of at least 4 members (excludes halogenated alkanes) is 1. The van der Waals surface area contributed by atoms with E-state index in [4.69, 9.17) is 48.1 Å². The van der Waals surface area contributed by atoms with E-state index < -0.39 is 12.1 Å². The van der Waals surface area contributed by atoms with Crippen LogP contribution in [0, 0.1) is 0 Å². The van der Waals surface area contributed by atoms with E-state index in [0.29, 0.717) is 16.1 Å². The van der Waals surface area contributed by atoms with Crippen molar-refractivity contribution in [1.29, 1.82) is 0 Å². The van der Waals surface area contributed by atoms with E-state index in [1.165, 1.54) is 5.56 Å². The van der Waals surface area contributed by atoms with E-state index in [1.807, 2.05) is 24.3 Å². The average molecular weight is 674 g/mol. The Balaban J connectivity index is 0.000000676. The molecule has 3 aromatic rings. The first-order chi connectivity index (χ1) is 21.0. The van der Waals surface area contributed by atoms with Crippen LogP contribution in [0.5, 0.6) is 5.75 Å². The molecule has 2 aromatic carbocycles. The predicted octanol–water partition coefficient (Wildman–Crippen LogP) is 7.46. The van der Waals surface area contributed by atoms with E-state index in [-0.39, 0.29) is 0 Å². The van der Waals surface area contributed by atoms with Gasteiger partial charge in [-0.2, -0.15) is 13.2 Å². The van der Waals surface area contributed by atoms with Gasteiger partial charge in [-0.05, 0) is 75.3 Å². The molecule has 0 aliphatic carbocycles. The number of carboxylic acids is 1. The Bertz CT molecular complexity index is 1300. The average Bonchev–Trinajstić information content (AvgIpc) is 3.48. The van der Waals surface area contributed by atoms with Gasteiger partial charge in [0.2, 0.25) is 0 Å². The van der Waals surface area contributed by atoms with Crippen LogP contribution in [-0.2, 0) is 11.3 Å². The SMILES string of the molecule is CCN(CC)c1nc(-c2ccc(OCCCC[N-]C3CCN(Cc4ccc(Cl)c(Cl)c4)CC3)cc2)cs1.O=C([O-])C(F)(F)F. The van der Waals surface area contributed by atoms with E-state index in [0.717, 1.165) is 93.7 Å². The molecule has 0 spiro atoms. The Hall–Kier alpha value is -2.57. The van der Waals surface area contributed by atoms with E-state index >= 15 is 0 Å². The van der Waals surface area contributed by atoms with Gasteiger partial charge < -0.3 is 24.9 Å². The Morgan fingerprint density at radius 1 is 1.09 bits per heavy atom. The Morgan fingerprint density at radius 2 is 1.75 bits per heavy atom. The summed E-state index contributed by atoms with van der Waals surface area (Å²) in [6.45, 7) is 11.0. The number of halogens is 5. The Morgan fingerprint density at radius 3 is 2.34 bits per heavy atom. The van der Waals surface area contributed by atoms with Crippen molar-refractivity contribution in [2.24, 2.45) is 0 Å². The van der Waals surface area contributed by atoms with Crippen LogP contribution in [0.1, 0.15) is 45.1 Å². The first-order valence-corrected chi connectivity index (χ1v) is 16.2. The zero-order chi connectivity index (χ0) is 32.1. The standard InChI is InChI=1S/C29H37Cl2N4OS.C2HF3O2/c1-3-35(4-2)29-33-28(21-37-29)23-8-10-25(11-9-23)36-18-6-5-15-32-24-13-16-34(17-14-24)20-22-7-12-26(30)27(31)19-22;3-2(4,5)1(6)7/h7-12,19,21,24H,3-6,13-18,20H2,1-2H3;(H,6,7)/q-1;/p-1. The van der Waals surface area contributed by atoms with Crippen LogP contribution in [0.15, 0.2) is 47.8 Å². The number of anilines is 1. The number of aliphatic carboxylic acids is 1. The van der Waals surface area contributed by atoms with Crippen molar-refractivity contribution in [3.63, 3.8) is 0 Å². The normalized spacial score (nSPS) is 14.2. The molecule has 0 atom stereocenters. The lowest BCUT2D eigenvalue weighted by molar-refractivity contribution is -0.344. The summed E-state index contributed by atoms with van der Waals surface area (Å²) >= 11 is 13.9. The summed E-state index contributed by atoms with van der Waals surface area (Å²) in [5.41, 5.74) is 3.37. The number of likely N-dealkylation sites (tertiary alicyclic amines) is 1. The zero-order valence-electron chi connectivity index (χ0n) is 24.8. The number of ether oxygens (including phenoxy) is 1. The number of carboxylic acid groups (broad SMARTS) is 1. The van der Waals surface area contributed by atoms with E-state index in [1.54, 1.807) is 11.3 Å². The number of alkyl halides is 3. The number of benzene rings is 2. The van der Waals surface area contributed by atoms with Gasteiger partial charge >= 0.3 is 6.18 Å². The minimum atomic E-state index is -5.19. The Labute approximate surface area is 270 Å². The number of hydrogen-bond acceptors (Lipinski definition) is 7. The molecule has 1 aromatic heterocycles. The molecule has 0 unspecified atom stereocenters. The van der Waals surface area contributed by atoms with Gasteiger partial charge in [0.15, 0.2) is 5.13 Å². The fraction of sp³-hybridized carbons (Fsp3) is 0.484. The molecule has 1 saturated heterocycles. The smallest absolute Gasteiger partial charge is 0.430 e. The lowest BCUT2D eigenvalue weighted by atomic mass is 10.0. The number of rotatable bonds is 13. The minimum Gasteiger partial charge on any atom is -0.659 e. The van der Waals surface area contributed by atoms with Crippen LogP contribution in [-0.4, -0.2) is 67.4 Å². The number of thiazole rings is 1. The molecule has 1 aliphatic rings. The summed E-state index contributed by atoms with van der Waals surface area (Å²) in [7, 11) is 0. The van der Waals surface area contributed by atoms with Gasteiger partial charge in [-0.3, -0.25) is 4.90 Å². The maximum Gasteiger partial charge on any atom is 0.430 e. The molecule has 4 rings (SSSR count). The molecule has 0 bridgehead atoms. The molecule has 242 valence electrons. The number of carbonyl (C=O) groups excluding carboxylic acids is 1. The number of nitrogens with zero attached hydrogens (tertiary/aromatic N) is 4. The summed E-state index contributed by atoms with van der Waals surface area (Å²) in [6.07, 6.45) is -0.867. The molecule has 7 nitrogen and oxygen atoms in total. The molecule has 0 radical (unpaired) electrons. The predicted molar refractivity (Wildman–Crippen MR) is 170 cm³/mol. The topological polar surface area (TPSA) is 82.8 Å². The second-order valence-electron chi connectivity index (χ2n) is 10.2. The van der Waals surface area contributed by atoms with Crippen LogP contribution in [0.4, 0.5) is 18.3 Å². The molecular weight excluding hydrogens is 636 g/mol. The van der Waals surface area contributed by atoms with E-state index in [2.05, 4.69) is 47.2 Å². The zero-order valence-corrected chi connectivity index (χ0v) is 27.1. The van der Waals surface area contributed by atoms with Crippen LogP contribution in [0.2, 0.25) is 10.0 Å². The monoisotopic (exact) mass is 672 g/mol. The highest BCUT2D eigenvalue weighted by Crippen LogP contribution is 2.29. The molecule has 0 amide bonds. The maximum atomic E-state index is 10.5. The largest absolute Gasteiger partial charge is 0.659 e. The highest BCUT2D eigenvalue weighted by molar-refractivity contribution is 7.14. The van der Waals surface area contributed by atoms with E-state index in [9.17, 15) is 13.2 Å². The van der Waals surface area contributed by atoms with Gasteiger partial charge in [0.25, 0.3) is 0 Å². The number of piperidine rings is 1. The second-order valence-corrected chi connectivity index (χ2v) is 11.9. The molecule has 44 heavy (non-hydrogen) atoms. The van der Waals surface area contributed by atoms with Crippen molar-refractivity contribution in [2.75, 3.05) is 44.2 Å². The van der Waals surface area contributed by atoms with Crippen molar-refractivity contribution < 1.29 is 27.8 Å². The van der Waals surface area contributed by atoms with Gasteiger partial charge in [0, 0.05) is 30.6 Å². The van der Waals surface area contributed by atoms with Gasteiger partial charge in [0.05, 0.1) is 22.3 Å². The summed E-state index contributed by atoms with van der Waals surface area (Å²) in [5, 5.41) is 18.2. The van der Waals surface area contributed by atoms with Crippen molar-refractivity contribution in [3.8, 4) is 17.0 Å². The molecule has 1 fully saturated rings. The summed E-state index contributed by atoms with van der Waals surface area (Å²) in [4.78, 5) is 18.3. The van der Waals surface area contributed by atoms with Crippen LogP contribution >= 0.6 is 34.5 Å². The molecule has 13 heteroatoms. The summed E-state index contributed by atoms with van der Waals surface area (Å²) in [6, 6.07) is 14.7. The third-order valence-corrected chi connectivity index (χ3v) is 8.70. The van der Waals surface area contributed by atoms with Gasteiger partial charge in [0.1, 0.15) is 11.7 Å².